The molecule has 0 saturated heterocycles. The van der Waals surface area contributed by atoms with E-state index in [1.165, 1.54) is 0 Å². The first-order valence-corrected chi connectivity index (χ1v) is 13.4. The summed E-state index contributed by atoms with van der Waals surface area (Å²) in [5.41, 5.74) is 3.02. The van der Waals surface area contributed by atoms with E-state index in [1.807, 2.05) is 31.2 Å². The molecule has 38 heavy (non-hydrogen) atoms. The highest BCUT2D eigenvalue weighted by atomic mass is 16.5. The van der Waals surface area contributed by atoms with Crippen LogP contribution in [0.1, 0.15) is 66.9 Å². The number of methoxy groups -OCH3 is 1. The molecule has 9 nitrogen and oxygen atoms in total. The van der Waals surface area contributed by atoms with E-state index in [9.17, 15) is 19.2 Å². The monoisotopic (exact) mass is 518 g/mol. The SMILES string of the molecule is COc1cc(NC(=O)[C@H]2CC[C@@H](n3c(=O)[nH]c4c(C(=O)NCC5CCCC5=O)cccc43)CC2)ccc1C. The maximum atomic E-state index is 13.0. The van der Waals surface area contributed by atoms with E-state index in [0.717, 1.165) is 24.2 Å². The quantitative estimate of drug-likeness (QED) is 0.434. The number of H-pyrrole nitrogens is 1. The predicted molar refractivity (Wildman–Crippen MR) is 145 cm³/mol. The molecular weight excluding hydrogens is 484 g/mol. The van der Waals surface area contributed by atoms with Crippen LogP contribution in [0.4, 0.5) is 5.69 Å². The van der Waals surface area contributed by atoms with Gasteiger partial charge in [0.2, 0.25) is 5.91 Å². The van der Waals surface area contributed by atoms with Crippen LogP contribution in [0.2, 0.25) is 0 Å². The maximum absolute atomic E-state index is 13.0. The normalized spacial score (nSPS) is 21.4. The van der Waals surface area contributed by atoms with Gasteiger partial charge in [0, 0.05) is 42.6 Å². The average Bonchev–Trinajstić information content (AvgIpc) is 3.49. The number of hydrogen-bond acceptors (Lipinski definition) is 5. The van der Waals surface area contributed by atoms with Crippen LogP contribution in [0, 0.1) is 18.8 Å². The van der Waals surface area contributed by atoms with E-state index in [0.29, 0.717) is 60.9 Å². The smallest absolute Gasteiger partial charge is 0.326 e. The van der Waals surface area contributed by atoms with Gasteiger partial charge in [0.15, 0.2) is 0 Å². The number of fused-ring (bicyclic) bond motifs is 1. The molecular formula is C29H34N4O5. The summed E-state index contributed by atoms with van der Waals surface area (Å²) in [7, 11) is 1.61. The number of amides is 2. The third-order valence-corrected chi connectivity index (χ3v) is 8.05. The number of aromatic amines is 1. The van der Waals surface area contributed by atoms with Crippen molar-refractivity contribution in [3.05, 3.63) is 58.0 Å². The Labute approximate surface area is 220 Å². The van der Waals surface area contributed by atoms with Crippen molar-refractivity contribution in [3.8, 4) is 5.75 Å². The van der Waals surface area contributed by atoms with Gasteiger partial charge >= 0.3 is 5.69 Å². The summed E-state index contributed by atoms with van der Waals surface area (Å²) in [5.74, 6) is 0.342. The van der Waals surface area contributed by atoms with Gasteiger partial charge in [-0.05, 0) is 69.2 Å². The molecule has 2 aliphatic rings. The summed E-state index contributed by atoms with van der Waals surface area (Å²) in [6, 6.07) is 10.8. The predicted octanol–water partition coefficient (Wildman–Crippen LogP) is 4.12. The fraction of sp³-hybridized carbons (Fsp3) is 0.448. The zero-order valence-corrected chi connectivity index (χ0v) is 21.8. The highest BCUT2D eigenvalue weighted by Gasteiger charge is 2.30. The summed E-state index contributed by atoms with van der Waals surface area (Å²) >= 11 is 0. The Balaban J connectivity index is 1.25. The van der Waals surface area contributed by atoms with E-state index in [2.05, 4.69) is 15.6 Å². The number of aryl methyl sites for hydroxylation is 1. The van der Waals surface area contributed by atoms with Crippen LogP contribution in [0.3, 0.4) is 0 Å². The van der Waals surface area contributed by atoms with Crippen LogP contribution >= 0.6 is 0 Å². The molecule has 2 fully saturated rings. The minimum atomic E-state index is -0.295. The fourth-order valence-corrected chi connectivity index (χ4v) is 5.85. The lowest BCUT2D eigenvalue weighted by molar-refractivity contribution is -0.121. The van der Waals surface area contributed by atoms with Crippen molar-refractivity contribution < 1.29 is 19.1 Å². The Morgan fingerprint density at radius 2 is 1.87 bits per heavy atom. The van der Waals surface area contributed by atoms with Crippen molar-refractivity contribution >= 4 is 34.3 Å². The Kier molecular flexibility index (Phi) is 7.35. The molecule has 2 aliphatic carbocycles. The Morgan fingerprint density at radius 3 is 2.58 bits per heavy atom. The number of nitrogens with one attached hydrogen (secondary N) is 3. The molecule has 1 aromatic heterocycles. The number of aromatic nitrogens is 2. The van der Waals surface area contributed by atoms with Crippen LogP contribution in [-0.2, 0) is 9.59 Å². The molecule has 5 rings (SSSR count). The van der Waals surface area contributed by atoms with Gasteiger partial charge in [-0.1, -0.05) is 12.1 Å². The van der Waals surface area contributed by atoms with Gasteiger partial charge in [0.1, 0.15) is 11.5 Å². The van der Waals surface area contributed by atoms with Gasteiger partial charge in [0.05, 0.1) is 23.7 Å². The number of Topliss-reactive ketones (excluding diaryl/α,β-unsaturated/α-hetero) is 1. The summed E-state index contributed by atoms with van der Waals surface area (Å²) in [4.78, 5) is 53.7. The third-order valence-electron chi connectivity index (χ3n) is 8.05. The van der Waals surface area contributed by atoms with Crippen LogP contribution in [0.5, 0.6) is 5.75 Å². The number of para-hydroxylation sites is 1. The Morgan fingerprint density at radius 1 is 1.08 bits per heavy atom. The molecule has 3 N–H and O–H groups in total. The van der Waals surface area contributed by atoms with Gasteiger partial charge < -0.3 is 20.4 Å². The van der Waals surface area contributed by atoms with E-state index < -0.39 is 0 Å². The number of benzene rings is 2. The third kappa shape index (κ3) is 5.10. The average molecular weight is 519 g/mol. The van der Waals surface area contributed by atoms with Gasteiger partial charge in [0.25, 0.3) is 5.91 Å². The highest BCUT2D eigenvalue weighted by molar-refractivity contribution is 6.05. The molecule has 0 radical (unpaired) electrons. The molecule has 2 aromatic carbocycles. The summed E-state index contributed by atoms with van der Waals surface area (Å²) in [6.45, 7) is 2.27. The molecule has 9 heteroatoms. The van der Waals surface area contributed by atoms with Gasteiger partial charge in [-0.2, -0.15) is 0 Å². The highest BCUT2D eigenvalue weighted by Crippen LogP contribution is 2.34. The van der Waals surface area contributed by atoms with E-state index in [-0.39, 0.29) is 41.2 Å². The molecule has 0 bridgehead atoms. The largest absolute Gasteiger partial charge is 0.496 e. The number of nitrogens with zero attached hydrogens (tertiary/aromatic N) is 1. The maximum Gasteiger partial charge on any atom is 0.326 e. The number of rotatable bonds is 7. The molecule has 3 aromatic rings. The number of carbonyl (C=O) groups is 3. The Bertz CT molecular complexity index is 1430. The number of imidazole rings is 1. The van der Waals surface area contributed by atoms with Crippen molar-refractivity contribution in [1.82, 2.24) is 14.9 Å². The number of carbonyl (C=O) groups excluding carboxylic acids is 3. The standard InChI is InChI=1S/C29H34N4O5/c1-17-9-12-20(15-25(17)38-2)31-27(35)18-10-13-21(14-11-18)33-23-7-4-6-22(26(23)32-29(33)37)28(36)30-16-19-5-3-8-24(19)34/h4,6-7,9,12,15,18-19,21H,3,5,8,10-11,13-14,16H2,1-2H3,(H,30,36)(H,31,35)(H,32,37)/t18-,19?,21+. The zero-order chi connectivity index (χ0) is 26.8. The van der Waals surface area contributed by atoms with E-state index in [1.54, 1.807) is 23.8 Å². The lowest BCUT2D eigenvalue weighted by Gasteiger charge is -2.28. The van der Waals surface area contributed by atoms with Crippen molar-refractivity contribution in [2.24, 2.45) is 11.8 Å². The summed E-state index contributed by atoms with van der Waals surface area (Å²) < 4.78 is 7.08. The number of ether oxygens (including phenoxy) is 1. The molecule has 200 valence electrons. The van der Waals surface area contributed by atoms with Crippen molar-refractivity contribution in [1.29, 1.82) is 0 Å². The number of ketones is 1. The molecule has 2 saturated carbocycles. The second-order valence-corrected chi connectivity index (χ2v) is 10.4. The van der Waals surface area contributed by atoms with Crippen LogP contribution in [0.25, 0.3) is 11.0 Å². The van der Waals surface area contributed by atoms with Crippen molar-refractivity contribution in [2.75, 3.05) is 19.0 Å². The molecule has 1 unspecified atom stereocenters. The zero-order valence-electron chi connectivity index (χ0n) is 21.8. The lowest BCUT2D eigenvalue weighted by Crippen LogP contribution is -2.31. The topological polar surface area (TPSA) is 122 Å². The van der Waals surface area contributed by atoms with Crippen LogP contribution < -0.4 is 21.1 Å². The molecule has 1 heterocycles. The van der Waals surface area contributed by atoms with Crippen LogP contribution in [0.15, 0.2) is 41.2 Å². The van der Waals surface area contributed by atoms with Crippen LogP contribution in [-0.4, -0.2) is 40.8 Å². The van der Waals surface area contributed by atoms with Gasteiger partial charge in [-0.3, -0.25) is 19.0 Å². The Hall–Kier alpha value is -3.88. The molecule has 0 aliphatic heterocycles. The first-order chi connectivity index (χ1) is 18.4. The minimum Gasteiger partial charge on any atom is -0.496 e. The molecule has 1 atom stereocenters. The minimum absolute atomic E-state index is 0.0275. The van der Waals surface area contributed by atoms with Gasteiger partial charge in [-0.25, -0.2) is 4.79 Å². The van der Waals surface area contributed by atoms with Crippen molar-refractivity contribution in [2.45, 2.75) is 57.9 Å². The van der Waals surface area contributed by atoms with E-state index in [4.69, 9.17) is 4.74 Å². The first kappa shape index (κ1) is 25.8. The first-order valence-electron chi connectivity index (χ1n) is 13.4. The molecule has 0 spiro atoms. The number of anilines is 1. The second-order valence-electron chi connectivity index (χ2n) is 10.4. The fourth-order valence-electron chi connectivity index (χ4n) is 5.85. The second kappa shape index (κ2) is 10.8. The summed E-state index contributed by atoms with van der Waals surface area (Å²) in [5, 5.41) is 5.88. The van der Waals surface area contributed by atoms with Crippen molar-refractivity contribution in [3.63, 3.8) is 0 Å². The lowest BCUT2D eigenvalue weighted by atomic mass is 9.85. The number of hydrogen-bond donors (Lipinski definition) is 3. The molecule has 2 amide bonds. The van der Waals surface area contributed by atoms with Gasteiger partial charge in [-0.15, -0.1) is 0 Å². The summed E-state index contributed by atoms with van der Waals surface area (Å²) in [6.07, 6.45) is 4.94. The van der Waals surface area contributed by atoms with E-state index >= 15 is 0 Å².